The van der Waals surface area contributed by atoms with Crippen LogP contribution in [0.1, 0.15) is 36.4 Å². The van der Waals surface area contributed by atoms with Gasteiger partial charge in [0.1, 0.15) is 13.2 Å². The van der Waals surface area contributed by atoms with Crippen molar-refractivity contribution in [2.75, 3.05) is 39.4 Å². The van der Waals surface area contributed by atoms with Crippen molar-refractivity contribution in [1.82, 2.24) is 9.80 Å². The third-order valence-corrected chi connectivity index (χ3v) is 6.32. The summed E-state index contributed by atoms with van der Waals surface area (Å²) in [6.45, 7) is 4.25. The Balaban J connectivity index is 1.23. The van der Waals surface area contributed by atoms with Gasteiger partial charge in [0, 0.05) is 19.6 Å². The highest BCUT2D eigenvalue weighted by atomic mass is 16.6. The van der Waals surface area contributed by atoms with E-state index in [0.29, 0.717) is 19.8 Å². The van der Waals surface area contributed by atoms with Crippen LogP contribution in [0, 0.1) is 0 Å². The van der Waals surface area contributed by atoms with Crippen LogP contribution in [0.5, 0.6) is 11.5 Å². The topological polar surface area (TPSA) is 42.0 Å². The first-order chi connectivity index (χ1) is 14.8. The van der Waals surface area contributed by atoms with E-state index in [-0.39, 0.29) is 11.9 Å². The van der Waals surface area contributed by atoms with E-state index in [1.165, 1.54) is 11.1 Å². The number of amides is 1. The molecule has 1 fully saturated rings. The number of rotatable bonds is 4. The monoisotopic (exact) mass is 404 g/mol. The second-order valence-corrected chi connectivity index (χ2v) is 8.23. The minimum absolute atomic E-state index is 0.133. The second-order valence-electron chi connectivity index (χ2n) is 8.23. The van der Waals surface area contributed by atoms with Gasteiger partial charge in [0.2, 0.25) is 5.91 Å². The average molecular weight is 405 g/mol. The molecule has 3 heterocycles. The Labute approximate surface area is 177 Å². The standard InChI is InChI=1S/C25H28N2O3/c28-25(18-26-13-10-20(11-14-26)19-5-2-1-3-6-19)27-12-4-7-22(27)21-8-9-23-24(17-21)30-16-15-29-23/h1-3,5-6,8-10,17,22H,4,7,11-16,18H2. The van der Waals surface area contributed by atoms with Gasteiger partial charge in [0.15, 0.2) is 11.5 Å². The molecule has 0 aliphatic carbocycles. The number of benzene rings is 2. The van der Waals surface area contributed by atoms with Crippen LogP contribution >= 0.6 is 0 Å². The molecule has 1 amide bonds. The summed E-state index contributed by atoms with van der Waals surface area (Å²) in [5.41, 5.74) is 3.83. The van der Waals surface area contributed by atoms with Crippen LogP contribution in [0.2, 0.25) is 0 Å². The average Bonchev–Trinajstić information content (AvgIpc) is 3.30. The van der Waals surface area contributed by atoms with Gasteiger partial charge in [-0.1, -0.05) is 42.5 Å². The molecule has 5 heteroatoms. The Bertz CT molecular complexity index is 941. The molecule has 3 aliphatic heterocycles. The Morgan fingerprint density at radius 3 is 2.63 bits per heavy atom. The number of carbonyl (C=O) groups excluding carboxylic acids is 1. The summed E-state index contributed by atoms with van der Waals surface area (Å²) in [6.07, 6.45) is 5.31. The van der Waals surface area contributed by atoms with Crippen molar-refractivity contribution in [3.8, 4) is 11.5 Å². The Kier molecular flexibility index (Phi) is 5.45. The highest BCUT2D eigenvalue weighted by Crippen LogP contribution is 2.38. The molecule has 30 heavy (non-hydrogen) atoms. The van der Waals surface area contributed by atoms with Gasteiger partial charge in [-0.05, 0) is 48.1 Å². The first kappa shape index (κ1) is 19.2. The SMILES string of the molecule is O=C(CN1CC=C(c2ccccc2)CC1)N1CCCC1c1ccc2c(c1)OCCO2. The molecule has 2 aromatic rings. The zero-order valence-corrected chi connectivity index (χ0v) is 17.3. The van der Waals surface area contributed by atoms with E-state index >= 15 is 0 Å². The molecule has 0 spiro atoms. The predicted octanol–water partition coefficient (Wildman–Crippen LogP) is 3.91. The summed E-state index contributed by atoms with van der Waals surface area (Å²) < 4.78 is 11.4. The van der Waals surface area contributed by atoms with Gasteiger partial charge in [0.05, 0.1) is 12.6 Å². The minimum atomic E-state index is 0.133. The van der Waals surface area contributed by atoms with Gasteiger partial charge in [0.25, 0.3) is 0 Å². The van der Waals surface area contributed by atoms with Crippen LogP contribution < -0.4 is 9.47 Å². The number of fused-ring (bicyclic) bond motifs is 1. The van der Waals surface area contributed by atoms with E-state index in [1.54, 1.807) is 0 Å². The van der Waals surface area contributed by atoms with Crippen molar-refractivity contribution in [2.24, 2.45) is 0 Å². The first-order valence-electron chi connectivity index (χ1n) is 10.9. The molecular weight excluding hydrogens is 376 g/mol. The molecule has 1 atom stereocenters. The summed E-state index contributed by atoms with van der Waals surface area (Å²) in [7, 11) is 0. The normalized spacial score (nSPS) is 21.4. The lowest BCUT2D eigenvalue weighted by Crippen LogP contribution is -2.41. The highest BCUT2D eigenvalue weighted by Gasteiger charge is 2.31. The maximum atomic E-state index is 13.1. The fraction of sp³-hybridized carbons (Fsp3) is 0.400. The fourth-order valence-corrected chi connectivity index (χ4v) is 4.73. The fourth-order valence-electron chi connectivity index (χ4n) is 4.73. The lowest BCUT2D eigenvalue weighted by molar-refractivity contribution is -0.133. The third-order valence-electron chi connectivity index (χ3n) is 6.32. The van der Waals surface area contributed by atoms with Gasteiger partial charge < -0.3 is 14.4 Å². The summed E-state index contributed by atoms with van der Waals surface area (Å²) >= 11 is 0. The molecule has 5 nitrogen and oxygen atoms in total. The van der Waals surface area contributed by atoms with Crippen LogP contribution in [0.4, 0.5) is 0 Å². The smallest absolute Gasteiger partial charge is 0.237 e. The summed E-state index contributed by atoms with van der Waals surface area (Å²) in [5, 5.41) is 0. The Morgan fingerprint density at radius 2 is 1.83 bits per heavy atom. The van der Waals surface area contributed by atoms with Crippen molar-refractivity contribution in [1.29, 1.82) is 0 Å². The van der Waals surface area contributed by atoms with E-state index < -0.39 is 0 Å². The van der Waals surface area contributed by atoms with E-state index in [4.69, 9.17) is 9.47 Å². The van der Waals surface area contributed by atoms with E-state index in [9.17, 15) is 4.79 Å². The van der Waals surface area contributed by atoms with Crippen LogP contribution in [0.3, 0.4) is 0 Å². The van der Waals surface area contributed by atoms with Gasteiger partial charge in [-0.15, -0.1) is 0 Å². The minimum Gasteiger partial charge on any atom is -0.486 e. The molecule has 0 aromatic heterocycles. The molecule has 1 saturated heterocycles. The van der Waals surface area contributed by atoms with E-state index in [0.717, 1.165) is 56.0 Å². The zero-order valence-electron chi connectivity index (χ0n) is 17.3. The number of hydrogen-bond donors (Lipinski definition) is 0. The Hall–Kier alpha value is -2.79. The third kappa shape index (κ3) is 3.94. The van der Waals surface area contributed by atoms with Crippen LogP contribution in [-0.4, -0.2) is 55.1 Å². The summed E-state index contributed by atoms with van der Waals surface area (Å²) in [6, 6.07) is 16.8. The number of hydrogen-bond acceptors (Lipinski definition) is 4. The van der Waals surface area contributed by atoms with Crippen molar-refractivity contribution >= 4 is 11.5 Å². The van der Waals surface area contributed by atoms with Crippen molar-refractivity contribution < 1.29 is 14.3 Å². The molecular formula is C25H28N2O3. The molecule has 0 bridgehead atoms. The highest BCUT2D eigenvalue weighted by molar-refractivity contribution is 5.79. The number of ether oxygens (including phenoxy) is 2. The molecule has 0 N–H and O–H groups in total. The van der Waals surface area contributed by atoms with Crippen molar-refractivity contribution in [3.05, 3.63) is 65.7 Å². The predicted molar refractivity (Wildman–Crippen MR) is 117 cm³/mol. The van der Waals surface area contributed by atoms with Gasteiger partial charge in [-0.25, -0.2) is 0 Å². The molecule has 2 aromatic carbocycles. The van der Waals surface area contributed by atoms with Crippen LogP contribution in [-0.2, 0) is 4.79 Å². The quantitative estimate of drug-likeness (QED) is 0.775. The van der Waals surface area contributed by atoms with Crippen LogP contribution in [0.15, 0.2) is 54.6 Å². The molecule has 156 valence electrons. The number of nitrogens with zero attached hydrogens (tertiary/aromatic N) is 2. The number of likely N-dealkylation sites (tertiary alicyclic amines) is 1. The maximum Gasteiger partial charge on any atom is 0.237 e. The second kappa shape index (κ2) is 8.52. The van der Waals surface area contributed by atoms with Gasteiger partial charge in [-0.2, -0.15) is 0 Å². The van der Waals surface area contributed by atoms with Crippen molar-refractivity contribution in [3.63, 3.8) is 0 Å². The molecule has 3 aliphatic rings. The number of carbonyl (C=O) groups is 1. The molecule has 5 rings (SSSR count). The Morgan fingerprint density at radius 1 is 1.00 bits per heavy atom. The molecule has 0 radical (unpaired) electrons. The van der Waals surface area contributed by atoms with E-state index in [2.05, 4.69) is 52.3 Å². The molecule has 0 saturated carbocycles. The lowest BCUT2D eigenvalue weighted by Gasteiger charge is -2.31. The first-order valence-corrected chi connectivity index (χ1v) is 10.9. The van der Waals surface area contributed by atoms with Crippen molar-refractivity contribution in [2.45, 2.75) is 25.3 Å². The summed E-state index contributed by atoms with van der Waals surface area (Å²) in [5.74, 6) is 1.83. The van der Waals surface area contributed by atoms with Gasteiger partial charge >= 0.3 is 0 Å². The van der Waals surface area contributed by atoms with E-state index in [1.807, 2.05) is 12.1 Å². The molecule has 1 unspecified atom stereocenters. The zero-order chi connectivity index (χ0) is 20.3. The largest absolute Gasteiger partial charge is 0.486 e. The van der Waals surface area contributed by atoms with Crippen LogP contribution in [0.25, 0.3) is 5.57 Å². The summed E-state index contributed by atoms with van der Waals surface area (Å²) in [4.78, 5) is 17.5. The lowest BCUT2D eigenvalue weighted by atomic mass is 9.99. The maximum absolute atomic E-state index is 13.1. The van der Waals surface area contributed by atoms with Gasteiger partial charge in [-0.3, -0.25) is 9.69 Å².